The first kappa shape index (κ1) is 12.9. The number of hydrogen-bond acceptors (Lipinski definition) is 3. The van der Waals surface area contributed by atoms with E-state index in [2.05, 4.69) is 35.2 Å². The highest BCUT2D eigenvalue weighted by atomic mass is 16.5. The number of nitrogens with zero attached hydrogens (tertiary/aromatic N) is 1. The third-order valence-corrected chi connectivity index (χ3v) is 5.21. The Morgan fingerprint density at radius 2 is 1.95 bits per heavy atom. The number of carbonyl (C=O) groups excluding carboxylic acids is 1. The van der Waals surface area contributed by atoms with Crippen LogP contribution in [-0.4, -0.2) is 23.5 Å². The van der Waals surface area contributed by atoms with Gasteiger partial charge in [0.1, 0.15) is 6.61 Å². The molecular formula is C18H21NO2. The molecule has 0 unspecified atom stereocenters. The van der Waals surface area contributed by atoms with Crippen molar-refractivity contribution in [2.45, 2.75) is 44.7 Å². The van der Waals surface area contributed by atoms with E-state index in [0.717, 1.165) is 24.2 Å². The molecule has 3 heteroatoms. The summed E-state index contributed by atoms with van der Waals surface area (Å²) in [4.78, 5) is 14.4. The molecule has 2 aliphatic heterocycles. The van der Waals surface area contributed by atoms with E-state index in [4.69, 9.17) is 4.74 Å². The van der Waals surface area contributed by atoms with Crippen LogP contribution in [-0.2, 0) is 16.1 Å². The number of benzene rings is 1. The molecular weight excluding hydrogens is 262 g/mol. The number of fused-ring (bicyclic) bond motifs is 1. The van der Waals surface area contributed by atoms with Crippen molar-refractivity contribution >= 4 is 5.97 Å². The summed E-state index contributed by atoms with van der Waals surface area (Å²) in [5.74, 6) is 0.555. The minimum Gasteiger partial charge on any atom is -0.456 e. The largest absolute Gasteiger partial charge is 0.456 e. The minimum atomic E-state index is -0.0768. The van der Waals surface area contributed by atoms with E-state index in [9.17, 15) is 4.79 Å². The molecule has 3 aliphatic rings. The molecule has 110 valence electrons. The summed E-state index contributed by atoms with van der Waals surface area (Å²) in [6, 6.07) is 11.2. The summed E-state index contributed by atoms with van der Waals surface area (Å²) in [7, 11) is 0. The van der Waals surface area contributed by atoms with Crippen LogP contribution >= 0.6 is 0 Å². The molecule has 1 aromatic carbocycles. The minimum absolute atomic E-state index is 0.0768. The van der Waals surface area contributed by atoms with Crippen molar-refractivity contribution in [3.8, 4) is 0 Å². The number of cyclic esters (lactones) is 1. The number of rotatable bonds is 2. The van der Waals surface area contributed by atoms with Gasteiger partial charge in [-0.3, -0.25) is 0 Å². The normalized spacial score (nSPS) is 28.2. The van der Waals surface area contributed by atoms with Gasteiger partial charge in [-0.15, -0.1) is 0 Å². The number of ether oxygens (including phenoxy) is 1. The summed E-state index contributed by atoms with van der Waals surface area (Å²) in [6.45, 7) is 1.38. The maximum absolute atomic E-state index is 12.0. The smallest absolute Gasteiger partial charge is 0.336 e. The molecule has 1 aliphatic carbocycles. The Balaban J connectivity index is 1.68. The van der Waals surface area contributed by atoms with Crippen LogP contribution in [0.1, 0.15) is 37.7 Å². The molecule has 0 N–H and O–H groups in total. The highest BCUT2D eigenvalue weighted by Crippen LogP contribution is 2.42. The van der Waals surface area contributed by atoms with Crippen LogP contribution in [0.3, 0.4) is 0 Å². The fraction of sp³-hybridized carbons (Fsp3) is 0.500. The molecule has 4 rings (SSSR count). The fourth-order valence-corrected chi connectivity index (χ4v) is 4.18. The van der Waals surface area contributed by atoms with Gasteiger partial charge < -0.3 is 9.64 Å². The number of carbonyl (C=O) groups is 1. The second kappa shape index (κ2) is 5.21. The molecule has 0 saturated heterocycles. The van der Waals surface area contributed by atoms with Gasteiger partial charge in [0.2, 0.25) is 0 Å². The van der Waals surface area contributed by atoms with E-state index in [-0.39, 0.29) is 5.97 Å². The van der Waals surface area contributed by atoms with Gasteiger partial charge in [-0.05, 0) is 30.7 Å². The van der Waals surface area contributed by atoms with Gasteiger partial charge in [0.05, 0.1) is 11.3 Å². The molecule has 2 heterocycles. The Morgan fingerprint density at radius 1 is 1.14 bits per heavy atom. The van der Waals surface area contributed by atoms with Crippen molar-refractivity contribution in [2.75, 3.05) is 6.61 Å². The molecule has 21 heavy (non-hydrogen) atoms. The summed E-state index contributed by atoms with van der Waals surface area (Å²) in [5, 5.41) is 0. The van der Waals surface area contributed by atoms with Gasteiger partial charge in [-0.25, -0.2) is 4.79 Å². The first-order chi connectivity index (χ1) is 10.3. The molecule has 0 radical (unpaired) electrons. The zero-order valence-corrected chi connectivity index (χ0v) is 12.3. The standard InChI is InChI=1S/C18H21NO2/c20-18-15-10-14-8-4-5-9-16(14)19(17(15)12-21-18)11-13-6-2-1-3-7-13/h1-3,6-7,14,16H,4-5,8-12H2/t14-,16-/m0/s1. The van der Waals surface area contributed by atoms with Crippen LogP contribution in [0, 0.1) is 5.92 Å². The maximum atomic E-state index is 12.0. The lowest BCUT2D eigenvalue weighted by Crippen LogP contribution is -2.45. The zero-order valence-electron chi connectivity index (χ0n) is 12.3. The Kier molecular flexibility index (Phi) is 3.21. The van der Waals surface area contributed by atoms with Crippen LogP contribution in [0.15, 0.2) is 41.6 Å². The van der Waals surface area contributed by atoms with E-state index in [1.165, 1.54) is 31.2 Å². The second-order valence-corrected chi connectivity index (χ2v) is 6.43. The lowest BCUT2D eigenvalue weighted by Gasteiger charge is -2.45. The molecule has 1 fully saturated rings. The van der Waals surface area contributed by atoms with Gasteiger partial charge >= 0.3 is 5.97 Å². The third kappa shape index (κ3) is 2.25. The van der Waals surface area contributed by atoms with Crippen molar-refractivity contribution < 1.29 is 9.53 Å². The summed E-state index contributed by atoms with van der Waals surface area (Å²) >= 11 is 0. The van der Waals surface area contributed by atoms with Crippen LogP contribution in [0.5, 0.6) is 0 Å². The van der Waals surface area contributed by atoms with Crippen molar-refractivity contribution in [2.24, 2.45) is 5.92 Å². The molecule has 0 aromatic heterocycles. The zero-order chi connectivity index (χ0) is 14.2. The van der Waals surface area contributed by atoms with Gasteiger partial charge in [0.25, 0.3) is 0 Å². The van der Waals surface area contributed by atoms with Crippen molar-refractivity contribution in [3.05, 3.63) is 47.2 Å². The van der Waals surface area contributed by atoms with Gasteiger partial charge in [0, 0.05) is 12.6 Å². The Hall–Kier alpha value is -1.77. The van der Waals surface area contributed by atoms with Crippen molar-refractivity contribution in [1.82, 2.24) is 4.90 Å². The molecule has 3 nitrogen and oxygen atoms in total. The average molecular weight is 283 g/mol. The quantitative estimate of drug-likeness (QED) is 0.780. The second-order valence-electron chi connectivity index (χ2n) is 6.43. The third-order valence-electron chi connectivity index (χ3n) is 5.21. The topological polar surface area (TPSA) is 29.5 Å². The Bertz CT molecular complexity index is 578. The summed E-state index contributed by atoms with van der Waals surface area (Å²) < 4.78 is 5.32. The van der Waals surface area contributed by atoms with Gasteiger partial charge in [-0.1, -0.05) is 43.2 Å². The fourth-order valence-electron chi connectivity index (χ4n) is 4.18. The monoisotopic (exact) mass is 283 g/mol. The Morgan fingerprint density at radius 3 is 2.81 bits per heavy atom. The molecule has 1 aromatic rings. The molecule has 0 bridgehead atoms. The van der Waals surface area contributed by atoms with E-state index in [1.807, 2.05) is 0 Å². The van der Waals surface area contributed by atoms with Gasteiger partial charge in [-0.2, -0.15) is 0 Å². The molecule has 0 spiro atoms. The van der Waals surface area contributed by atoms with Crippen molar-refractivity contribution in [1.29, 1.82) is 0 Å². The lowest BCUT2D eigenvalue weighted by molar-refractivity contribution is -0.136. The number of hydrogen-bond donors (Lipinski definition) is 0. The highest BCUT2D eigenvalue weighted by Gasteiger charge is 2.42. The Labute approximate surface area is 125 Å². The van der Waals surface area contributed by atoms with Crippen LogP contribution < -0.4 is 0 Å². The highest BCUT2D eigenvalue weighted by molar-refractivity contribution is 5.91. The average Bonchev–Trinajstić information content (AvgIpc) is 2.90. The van der Waals surface area contributed by atoms with E-state index >= 15 is 0 Å². The molecule has 1 saturated carbocycles. The molecule has 0 amide bonds. The number of esters is 1. The maximum Gasteiger partial charge on any atom is 0.336 e. The van der Waals surface area contributed by atoms with E-state index in [0.29, 0.717) is 18.6 Å². The van der Waals surface area contributed by atoms with Crippen LogP contribution in [0.25, 0.3) is 0 Å². The van der Waals surface area contributed by atoms with Crippen molar-refractivity contribution in [3.63, 3.8) is 0 Å². The van der Waals surface area contributed by atoms with Crippen LogP contribution in [0.4, 0.5) is 0 Å². The first-order valence-corrected chi connectivity index (χ1v) is 8.02. The molecule has 2 atom stereocenters. The van der Waals surface area contributed by atoms with Crippen LogP contribution in [0.2, 0.25) is 0 Å². The lowest BCUT2D eigenvalue weighted by atomic mass is 9.76. The predicted molar refractivity (Wildman–Crippen MR) is 80.3 cm³/mol. The summed E-state index contributed by atoms with van der Waals surface area (Å²) in [5.41, 5.74) is 3.43. The van der Waals surface area contributed by atoms with E-state index < -0.39 is 0 Å². The SMILES string of the molecule is O=C1OCC2=C1C[C@@H]1CCCC[C@@H]1N2Cc1ccccc1. The summed E-state index contributed by atoms with van der Waals surface area (Å²) in [6.07, 6.45) is 6.05. The van der Waals surface area contributed by atoms with Gasteiger partial charge in [0.15, 0.2) is 0 Å². The van der Waals surface area contributed by atoms with E-state index in [1.54, 1.807) is 0 Å². The predicted octanol–water partition coefficient (Wildman–Crippen LogP) is 3.26. The first-order valence-electron chi connectivity index (χ1n) is 8.02.